The Bertz CT molecular complexity index is 1520. The van der Waals surface area contributed by atoms with E-state index in [9.17, 15) is 4.79 Å². The van der Waals surface area contributed by atoms with Crippen molar-refractivity contribution in [3.63, 3.8) is 0 Å². The third kappa shape index (κ3) is 4.73. The summed E-state index contributed by atoms with van der Waals surface area (Å²) in [6, 6.07) is 19.3. The maximum atomic E-state index is 13.7. The zero-order valence-electron chi connectivity index (χ0n) is 20.3. The fourth-order valence-electron chi connectivity index (χ4n) is 4.28. The molecule has 0 saturated carbocycles. The van der Waals surface area contributed by atoms with Gasteiger partial charge in [0.15, 0.2) is 17.3 Å². The van der Waals surface area contributed by atoms with Gasteiger partial charge in [-0.05, 0) is 55.0 Å². The smallest absolute Gasteiger partial charge is 0.255 e. The molecule has 2 heterocycles. The van der Waals surface area contributed by atoms with E-state index in [4.69, 9.17) is 37.8 Å². The van der Waals surface area contributed by atoms with Crippen molar-refractivity contribution >= 4 is 40.7 Å². The van der Waals surface area contributed by atoms with Crippen LogP contribution in [0, 0.1) is 0 Å². The molecule has 1 atom stereocenters. The maximum Gasteiger partial charge on any atom is 0.255 e. The summed E-state index contributed by atoms with van der Waals surface area (Å²) < 4.78 is 12.6. The number of amides is 1. The number of para-hydroxylation sites is 1. The molecule has 1 unspecified atom stereocenters. The van der Waals surface area contributed by atoms with Crippen LogP contribution in [0.5, 0.6) is 11.5 Å². The van der Waals surface area contributed by atoms with Crippen LogP contribution in [0.1, 0.15) is 18.5 Å². The number of aromatic nitrogens is 3. The average Bonchev–Trinajstić information content (AvgIpc) is 3.31. The topological polar surface area (TPSA) is 90.3 Å². The summed E-state index contributed by atoms with van der Waals surface area (Å²) in [5.41, 5.74) is 3.17. The van der Waals surface area contributed by atoms with E-state index in [0.717, 1.165) is 5.56 Å². The van der Waals surface area contributed by atoms with E-state index >= 15 is 0 Å². The molecule has 0 fully saturated rings. The van der Waals surface area contributed by atoms with Gasteiger partial charge in [-0.25, -0.2) is 4.68 Å². The van der Waals surface area contributed by atoms with Crippen molar-refractivity contribution in [2.45, 2.75) is 13.0 Å². The molecule has 0 bridgehead atoms. The van der Waals surface area contributed by atoms with Crippen molar-refractivity contribution in [1.29, 1.82) is 0 Å². The van der Waals surface area contributed by atoms with Crippen molar-refractivity contribution in [1.82, 2.24) is 14.8 Å². The second kappa shape index (κ2) is 10.2. The minimum atomic E-state index is -0.618. The van der Waals surface area contributed by atoms with Crippen LogP contribution in [0.3, 0.4) is 0 Å². The van der Waals surface area contributed by atoms with Crippen LogP contribution in [0.4, 0.5) is 11.6 Å². The molecule has 4 aromatic rings. The Morgan fingerprint density at radius 2 is 1.76 bits per heavy atom. The Morgan fingerprint density at radius 1 is 1.00 bits per heavy atom. The highest BCUT2D eigenvalue weighted by atomic mass is 35.5. The summed E-state index contributed by atoms with van der Waals surface area (Å²) in [6.45, 7) is 1.83. The van der Waals surface area contributed by atoms with Crippen molar-refractivity contribution < 1.29 is 14.3 Å². The third-order valence-electron chi connectivity index (χ3n) is 6.02. The molecule has 37 heavy (non-hydrogen) atoms. The first-order valence-corrected chi connectivity index (χ1v) is 12.1. The number of hydrogen-bond donors (Lipinski definition) is 2. The first kappa shape index (κ1) is 24.7. The minimum absolute atomic E-state index is 0.275. The molecule has 8 nitrogen and oxygen atoms in total. The highest BCUT2D eigenvalue weighted by Crippen LogP contribution is 2.40. The molecule has 188 valence electrons. The Labute approximate surface area is 223 Å². The molecule has 0 saturated heterocycles. The number of fused-ring (bicyclic) bond motifs is 1. The van der Waals surface area contributed by atoms with Crippen LogP contribution < -0.4 is 20.1 Å². The van der Waals surface area contributed by atoms with E-state index in [1.807, 2.05) is 49.4 Å². The number of rotatable bonds is 6. The average molecular weight is 536 g/mol. The van der Waals surface area contributed by atoms with Crippen LogP contribution in [0.15, 0.2) is 78.0 Å². The molecular weight excluding hydrogens is 513 g/mol. The van der Waals surface area contributed by atoms with Gasteiger partial charge in [0.25, 0.3) is 5.91 Å². The van der Waals surface area contributed by atoms with Crippen LogP contribution in [-0.2, 0) is 4.79 Å². The SMILES string of the molecule is COc1ccc(C2C(C(=O)Nc3ccccc3)=C(C)Nc3nc(-c4ccc(Cl)cc4Cl)nn32)cc1OC. The summed E-state index contributed by atoms with van der Waals surface area (Å²) in [4.78, 5) is 18.3. The normalized spacial score (nSPS) is 14.6. The van der Waals surface area contributed by atoms with Crippen molar-refractivity contribution in [2.24, 2.45) is 0 Å². The summed E-state index contributed by atoms with van der Waals surface area (Å²) in [5.74, 6) is 1.69. The molecule has 3 aromatic carbocycles. The van der Waals surface area contributed by atoms with Crippen LogP contribution >= 0.6 is 23.2 Å². The predicted molar refractivity (Wildman–Crippen MR) is 145 cm³/mol. The summed E-state index contributed by atoms with van der Waals surface area (Å²) in [6.07, 6.45) is 0. The summed E-state index contributed by atoms with van der Waals surface area (Å²) >= 11 is 12.5. The minimum Gasteiger partial charge on any atom is -0.493 e. The van der Waals surface area contributed by atoms with E-state index in [0.29, 0.717) is 55.8 Å². The fourth-order valence-corrected chi connectivity index (χ4v) is 4.77. The fraction of sp³-hybridized carbons (Fsp3) is 0.148. The molecule has 0 radical (unpaired) electrons. The van der Waals surface area contributed by atoms with Crippen LogP contribution in [0.2, 0.25) is 10.0 Å². The first-order valence-electron chi connectivity index (χ1n) is 11.4. The number of allylic oxidation sites excluding steroid dienone is 1. The van der Waals surface area contributed by atoms with Gasteiger partial charge in [0.1, 0.15) is 6.04 Å². The number of carbonyl (C=O) groups excluding carboxylic acids is 1. The number of methoxy groups -OCH3 is 2. The largest absolute Gasteiger partial charge is 0.493 e. The molecule has 1 aromatic heterocycles. The highest BCUT2D eigenvalue weighted by Gasteiger charge is 2.35. The van der Waals surface area contributed by atoms with Gasteiger partial charge in [0, 0.05) is 22.0 Å². The third-order valence-corrected chi connectivity index (χ3v) is 6.57. The molecule has 10 heteroatoms. The van der Waals surface area contributed by atoms with Gasteiger partial charge < -0.3 is 20.1 Å². The van der Waals surface area contributed by atoms with Gasteiger partial charge in [-0.2, -0.15) is 4.98 Å². The molecule has 0 spiro atoms. The summed E-state index contributed by atoms with van der Waals surface area (Å²) in [7, 11) is 3.14. The number of nitrogens with zero attached hydrogens (tertiary/aromatic N) is 3. The van der Waals surface area contributed by atoms with Crippen molar-refractivity contribution in [3.05, 3.63) is 93.6 Å². The molecule has 5 rings (SSSR count). The molecule has 1 aliphatic heterocycles. The number of anilines is 2. The quantitative estimate of drug-likeness (QED) is 0.305. The zero-order valence-corrected chi connectivity index (χ0v) is 21.8. The Kier molecular flexibility index (Phi) is 6.78. The maximum absolute atomic E-state index is 13.7. The van der Waals surface area contributed by atoms with Crippen molar-refractivity contribution in [3.8, 4) is 22.9 Å². The Morgan fingerprint density at radius 3 is 2.46 bits per heavy atom. The van der Waals surface area contributed by atoms with Crippen molar-refractivity contribution in [2.75, 3.05) is 24.9 Å². The lowest BCUT2D eigenvalue weighted by molar-refractivity contribution is -0.113. The van der Waals surface area contributed by atoms with Crippen LogP contribution in [0.25, 0.3) is 11.4 Å². The lowest BCUT2D eigenvalue weighted by Crippen LogP contribution is -2.31. The second-order valence-corrected chi connectivity index (χ2v) is 9.17. The Hall–Kier alpha value is -4.01. The van der Waals surface area contributed by atoms with Gasteiger partial charge in [0.2, 0.25) is 5.95 Å². The number of nitrogens with one attached hydrogen (secondary N) is 2. The van der Waals surface area contributed by atoms with E-state index in [-0.39, 0.29) is 5.91 Å². The van der Waals surface area contributed by atoms with Gasteiger partial charge in [0.05, 0.1) is 24.8 Å². The van der Waals surface area contributed by atoms with E-state index in [1.54, 1.807) is 43.2 Å². The van der Waals surface area contributed by atoms with E-state index in [1.165, 1.54) is 0 Å². The van der Waals surface area contributed by atoms with Gasteiger partial charge >= 0.3 is 0 Å². The lowest BCUT2D eigenvalue weighted by atomic mass is 9.94. The molecule has 1 aliphatic rings. The number of carbonyl (C=O) groups is 1. The standard InChI is InChI=1S/C27H23Cl2N5O3/c1-15-23(26(35)31-18-7-5-4-6-8-18)24(16-9-12-21(36-2)22(13-16)37-3)34-27(30-15)32-25(33-34)19-11-10-17(28)14-20(19)29/h4-14,24H,1-3H3,(H,31,35)(H,30,32,33). The van der Waals surface area contributed by atoms with Gasteiger partial charge in [-0.15, -0.1) is 5.10 Å². The number of hydrogen-bond acceptors (Lipinski definition) is 6. The second-order valence-electron chi connectivity index (χ2n) is 8.33. The first-order chi connectivity index (χ1) is 17.9. The molecular formula is C27H23Cl2N5O3. The van der Waals surface area contributed by atoms with Crippen LogP contribution in [-0.4, -0.2) is 34.9 Å². The molecule has 0 aliphatic carbocycles. The number of benzene rings is 3. The predicted octanol–water partition coefficient (Wildman–Crippen LogP) is 6.20. The number of halogens is 2. The molecule has 2 N–H and O–H groups in total. The van der Waals surface area contributed by atoms with E-state index in [2.05, 4.69) is 15.6 Å². The van der Waals surface area contributed by atoms with E-state index < -0.39 is 6.04 Å². The van der Waals surface area contributed by atoms with Gasteiger partial charge in [-0.3, -0.25) is 4.79 Å². The highest BCUT2D eigenvalue weighted by molar-refractivity contribution is 6.36. The molecule has 1 amide bonds. The van der Waals surface area contributed by atoms with Gasteiger partial charge in [-0.1, -0.05) is 47.5 Å². The zero-order chi connectivity index (χ0) is 26.1. The summed E-state index contributed by atoms with van der Waals surface area (Å²) in [5, 5.41) is 11.9. The monoisotopic (exact) mass is 535 g/mol. The number of ether oxygens (including phenoxy) is 2. The Balaban J connectivity index is 1.65. The lowest BCUT2D eigenvalue weighted by Gasteiger charge is -2.29.